The van der Waals surface area contributed by atoms with Crippen molar-refractivity contribution in [3.05, 3.63) is 35.4 Å². The van der Waals surface area contributed by atoms with E-state index in [-0.39, 0.29) is 0 Å². The van der Waals surface area contributed by atoms with Gasteiger partial charge in [-0.1, -0.05) is 6.92 Å². The summed E-state index contributed by atoms with van der Waals surface area (Å²) < 4.78 is 26.3. The summed E-state index contributed by atoms with van der Waals surface area (Å²) in [6, 6.07) is 3.47. The second kappa shape index (κ2) is 5.97. The molecule has 1 saturated heterocycles. The maximum absolute atomic E-state index is 13.1. The van der Waals surface area contributed by atoms with Crippen molar-refractivity contribution in [3.8, 4) is 0 Å². The van der Waals surface area contributed by atoms with E-state index in [9.17, 15) is 13.9 Å². The highest BCUT2D eigenvalue weighted by atomic mass is 19.1. The van der Waals surface area contributed by atoms with Crippen molar-refractivity contribution in [2.24, 2.45) is 0 Å². The van der Waals surface area contributed by atoms with E-state index in [0.29, 0.717) is 24.8 Å². The van der Waals surface area contributed by atoms with Crippen LogP contribution in [0.25, 0.3) is 0 Å². The second-order valence-electron chi connectivity index (χ2n) is 5.52. The largest absolute Gasteiger partial charge is 0.389 e. The number of nitrogens with zero attached hydrogens (tertiary/aromatic N) is 1. The van der Waals surface area contributed by atoms with Gasteiger partial charge >= 0.3 is 0 Å². The van der Waals surface area contributed by atoms with E-state index in [1.54, 1.807) is 0 Å². The van der Waals surface area contributed by atoms with Gasteiger partial charge in [0, 0.05) is 25.6 Å². The molecule has 0 radical (unpaired) electrons. The number of hydrogen-bond acceptors (Lipinski definition) is 2. The number of hydrogen-bond donors (Lipinski definition) is 1. The minimum Gasteiger partial charge on any atom is -0.389 e. The third-order valence-electron chi connectivity index (χ3n) is 3.78. The first-order valence-corrected chi connectivity index (χ1v) is 6.90. The number of aliphatic hydroxyl groups is 1. The molecule has 1 fully saturated rings. The van der Waals surface area contributed by atoms with Crippen LogP contribution in [0.2, 0.25) is 0 Å². The first kappa shape index (κ1) is 14.4. The molecule has 19 heavy (non-hydrogen) atoms. The van der Waals surface area contributed by atoms with E-state index in [4.69, 9.17) is 0 Å². The lowest BCUT2D eigenvalue weighted by Crippen LogP contribution is -2.45. The van der Waals surface area contributed by atoms with Gasteiger partial charge in [0.05, 0.1) is 5.60 Å². The van der Waals surface area contributed by atoms with E-state index in [1.165, 1.54) is 12.1 Å². The van der Waals surface area contributed by atoms with Crippen LogP contribution in [0.3, 0.4) is 0 Å². The van der Waals surface area contributed by atoms with Crippen molar-refractivity contribution in [3.63, 3.8) is 0 Å². The van der Waals surface area contributed by atoms with Crippen LogP contribution in [0.4, 0.5) is 8.78 Å². The molecule has 2 nitrogen and oxygen atoms in total. The normalized spacial score (nSPS) is 19.6. The number of rotatable bonds is 4. The predicted octanol–water partition coefficient (Wildman–Crippen LogP) is 2.74. The Morgan fingerprint density at radius 2 is 1.74 bits per heavy atom. The fraction of sp³-hybridized carbons (Fsp3) is 0.600. The topological polar surface area (TPSA) is 23.5 Å². The van der Waals surface area contributed by atoms with E-state index in [2.05, 4.69) is 11.8 Å². The van der Waals surface area contributed by atoms with Gasteiger partial charge in [-0.3, -0.25) is 0 Å². The van der Waals surface area contributed by atoms with E-state index in [0.717, 1.165) is 32.1 Å². The Balaban J connectivity index is 1.98. The molecule has 2 rings (SSSR count). The third kappa shape index (κ3) is 3.98. The SMILES string of the molecule is CCCN1CCC(O)(Cc2cc(F)cc(F)c2)CC1. The van der Waals surface area contributed by atoms with Crippen LogP contribution >= 0.6 is 0 Å². The maximum atomic E-state index is 13.1. The molecule has 1 aliphatic rings. The van der Waals surface area contributed by atoms with Crippen LogP contribution in [0, 0.1) is 11.6 Å². The van der Waals surface area contributed by atoms with Gasteiger partial charge in [-0.25, -0.2) is 8.78 Å². The van der Waals surface area contributed by atoms with Crippen molar-refractivity contribution in [1.29, 1.82) is 0 Å². The molecule has 1 heterocycles. The molecule has 1 aromatic carbocycles. The molecule has 0 aliphatic carbocycles. The van der Waals surface area contributed by atoms with Crippen LogP contribution in [-0.2, 0) is 6.42 Å². The lowest BCUT2D eigenvalue weighted by Gasteiger charge is -2.38. The number of piperidine rings is 1. The van der Waals surface area contributed by atoms with Crippen molar-refractivity contribution < 1.29 is 13.9 Å². The summed E-state index contributed by atoms with van der Waals surface area (Å²) in [5.41, 5.74) is -0.297. The maximum Gasteiger partial charge on any atom is 0.126 e. The fourth-order valence-electron chi connectivity index (χ4n) is 2.78. The fourth-order valence-corrected chi connectivity index (χ4v) is 2.78. The van der Waals surface area contributed by atoms with Gasteiger partial charge in [0.15, 0.2) is 0 Å². The Labute approximate surface area is 113 Å². The Hall–Kier alpha value is -1.00. The molecule has 0 amide bonds. The molecular formula is C15H21F2NO. The summed E-state index contributed by atoms with van der Waals surface area (Å²) in [6.07, 6.45) is 2.74. The molecule has 1 aliphatic heterocycles. The van der Waals surface area contributed by atoms with Gasteiger partial charge in [0.2, 0.25) is 0 Å². The molecule has 0 aromatic heterocycles. The Kier molecular flexibility index (Phi) is 4.53. The summed E-state index contributed by atoms with van der Waals surface area (Å²) in [4.78, 5) is 2.32. The lowest BCUT2D eigenvalue weighted by molar-refractivity contribution is -0.0205. The van der Waals surface area contributed by atoms with E-state index >= 15 is 0 Å². The smallest absolute Gasteiger partial charge is 0.126 e. The van der Waals surface area contributed by atoms with Crippen molar-refractivity contribution in [2.45, 2.75) is 38.2 Å². The molecule has 1 N–H and O–H groups in total. The Morgan fingerprint density at radius 3 is 2.26 bits per heavy atom. The predicted molar refractivity (Wildman–Crippen MR) is 71.0 cm³/mol. The number of benzene rings is 1. The molecule has 4 heteroatoms. The molecular weight excluding hydrogens is 248 g/mol. The summed E-state index contributed by atoms with van der Waals surface area (Å²) >= 11 is 0. The molecule has 0 unspecified atom stereocenters. The molecule has 0 spiro atoms. The average molecular weight is 269 g/mol. The van der Waals surface area contributed by atoms with Gasteiger partial charge in [-0.15, -0.1) is 0 Å². The van der Waals surface area contributed by atoms with Gasteiger partial charge in [-0.05, 0) is 43.5 Å². The van der Waals surface area contributed by atoms with Crippen LogP contribution in [-0.4, -0.2) is 35.2 Å². The second-order valence-corrected chi connectivity index (χ2v) is 5.52. The van der Waals surface area contributed by atoms with Crippen LogP contribution in [0.15, 0.2) is 18.2 Å². The summed E-state index contributed by atoms with van der Waals surface area (Å²) in [6.45, 7) is 4.88. The average Bonchev–Trinajstić information content (AvgIpc) is 2.31. The van der Waals surface area contributed by atoms with Gasteiger partial charge in [-0.2, -0.15) is 0 Å². The molecule has 1 aromatic rings. The van der Waals surface area contributed by atoms with Crippen molar-refractivity contribution in [1.82, 2.24) is 4.90 Å². The van der Waals surface area contributed by atoms with E-state index < -0.39 is 17.2 Å². The van der Waals surface area contributed by atoms with Gasteiger partial charge in [0.1, 0.15) is 11.6 Å². The number of halogens is 2. The minimum atomic E-state index is -0.829. The quantitative estimate of drug-likeness (QED) is 0.908. The highest BCUT2D eigenvalue weighted by Crippen LogP contribution is 2.27. The zero-order valence-corrected chi connectivity index (χ0v) is 11.3. The van der Waals surface area contributed by atoms with Gasteiger partial charge < -0.3 is 10.0 Å². The summed E-state index contributed by atoms with van der Waals surface area (Å²) in [5.74, 6) is -1.16. The molecule has 0 saturated carbocycles. The van der Waals surface area contributed by atoms with Crippen LogP contribution in [0.1, 0.15) is 31.7 Å². The minimum absolute atomic E-state index is 0.321. The standard InChI is InChI=1S/C15H21F2NO/c1-2-5-18-6-3-15(19,4-7-18)11-12-8-13(16)10-14(17)9-12/h8-10,19H,2-7,11H2,1H3. The van der Waals surface area contributed by atoms with Crippen LogP contribution < -0.4 is 0 Å². The lowest BCUT2D eigenvalue weighted by atomic mass is 9.85. The zero-order valence-electron chi connectivity index (χ0n) is 11.3. The van der Waals surface area contributed by atoms with Gasteiger partial charge in [0.25, 0.3) is 0 Å². The first-order chi connectivity index (χ1) is 9.00. The molecule has 106 valence electrons. The zero-order chi connectivity index (χ0) is 13.9. The van der Waals surface area contributed by atoms with Crippen molar-refractivity contribution in [2.75, 3.05) is 19.6 Å². The highest BCUT2D eigenvalue weighted by molar-refractivity contribution is 5.20. The van der Waals surface area contributed by atoms with Crippen molar-refractivity contribution >= 4 is 0 Å². The monoisotopic (exact) mass is 269 g/mol. The molecule has 0 bridgehead atoms. The Morgan fingerprint density at radius 1 is 1.16 bits per heavy atom. The summed E-state index contributed by atoms with van der Waals surface area (Å²) in [5, 5.41) is 10.5. The summed E-state index contributed by atoms with van der Waals surface area (Å²) in [7, 11) is 0. The first-order valence-electron chi connectivity index (χ1n) is 6.90. The third-order valence-corrected chi connectivity index (χ3v) is 3.78. The highest BCUT2D eigenvalue weighted by Gasteiger charge is 2.32. The van der Waals surface area contributed by atoms with E-state index in [1.807, 2.05) is 0 Å². The number of likely N-dealkylation sites (tertiary alicyclic amines) is 1. The molecule has 0 atom stereocenters. The Bertz CT molecular complexity index is 408. The van der Waals surface area contributed by atoms with Crippen LogP contribution in [0.5, 0.6) is 0 Å².